The zero-order valence-corrected chi connectivity index (χ0v) is 15.7. The molecule has 0 aliphatic heterocycles. The number of rotatable bonds is 6. The summed E-state index contributed by atoms with van der Waals surface area (Å²) in [6, 6.07) is 18.7. The normalized spacial score (nSPS) is 17.0. The molecule has 0 spiro atoms. The molecule has 0 aromatic heterocycles. The molecule has 1 unspecified atom stereocenters. The van der Waals surface area contributed by atoms with E-state index >= 15 is 0 Å². The van der Waals surface area contributed by atoms with Gasteiger partial charge in [0.15, 0.2) is 0 Å². The quantitative estimate of drug-likeness (QED) is 0.721. The van der Waals surface area contributed by atoms with Gasteiger partial charge in [0, 0.05) is 6.04 Å². The Morgan fingerprint density at radius 3 is 2.38 bits per heavy atom. The minimum absolute atomic E-state index is 0.188. The Kier molecular flexibility index (Phi) is 6.24. The van der Waals surface area contributed by atoms with Crippen LogP contribution in [0, 0.1) is 0 Å². The highest BCUT2D eigenvalue weighted by Gasteiger charge is 2.17. The van der Waals surface area contributed by atoms with Crippen LogP contribution in [0.15, 0.2) is 60.7 Å². The lowest BCUT2D eigenvalue weighted by Gasteiger charge is -2.27. The molecule has 3 nitrogen and oxygen atoms in total. The van der Waals surface area contributed by atoms with Crippen LogP contribution in [-0.2, 0) is 22.6 Å². The highest BCUT2D eigenvalue weighted by atomic mass is 16.5. The predicted octanol–water partition coefficient (Wildman–Crippen LogP) is 4.47. The van der Waals surface area contributed by atoms with Crippen LogP contribution in [0.5, 0.6) is 0 Å². The summed E-state index contributed by atoms with van der Waals surface area (Å²) in [7, 11) is 4.30. The maximum absolute atomic E-state index is 12.0. The summed E-state index contributed by atoms with van der Waals surface area (Å²) < 4.78 is 5.36. The van der Waals surface area contributed by atoms with Crippen molar-refractivity contribution in [2.75, 3.05) is 14.1 Å². The van der Waals surface area contributed by atoms with Gasteiger partial charge in [-0.1, -0.05) is 60.7 Å². The molecule has 2 aromatic carbocycles. The van der Waals surface area contributed by atoms with Crippen molar-refractivity contribution in [2.45, 2.75) is 38.3 Å². The van der Waals surface area contributed by atoms with Crippen LogP contribution in [0.3, 0.4) is 0 Å². The van der Waals surface area contributed by atoms with Crippen LogP contribution in [0.25, 0.3) is 5.57 Å². The first-order valence-corrected chi connectivity index (χ1v) is 9.26. The van der Waals surface area contributed by atoms with E-state index in [1.165, 1.54) is 17.6 Å². The van der Waals surface area contributed by atoms with E-state index in [1.807, 2.05) is 42.5 Å². The predicted molar refractivity (Wildman–Crippen MR) is 106 cm³/mol. The Labute approximate surface area is 156 Å². The Bertz CT molecular complexity index is 748. The van der Waals surface area contributed by atoms with Crippen molar-refractivity contribution in [1.29, 1.82) is 0 Å². The Morgan fingerprint density at radius 2 is 1.77 bits per heavy atom. The van der Waals surface area contributed by atoms with Gasteiger partial charge in [0.2, 0.25) is 0 Å². The first-order valence-electron chi connectivity index (χ1n) is 9.26. The van der Waals surface area contributed by atoms with Crippen molar-refractivity contribution >= 4 is 11.5 Å². The van der Waals surface area contributed by atoms with Crippen LogP contribution in [-0.4, -0.2) is 31.0 Å². The zero-order chi connectivity index (χ0) is 18.4. The standard InChI is InChI=1S/C23H27NO2/c1-24(2)22-14-12-21(13-15-22)20-10-8-18(9-11-20)16-23(25)26-17-19-6-4-3-5-7-19/h3-12,22H,13-17H2,1-2H3. The monoisotopic (exact) mass is 349 g/mol. The molecule has 0 fully saturated rings. The van der Waals surface area contributed by atoms with E-state index in [0.29, 0.717) is 19.1 Å². The topological polar surface area (TPSA) is 29.5 Å². The molecule has 1 atom stereocenters. The number of carbonyl (C=O) groups is 1. The molecule has 3 heteroatoms. The maximum Gasteiger partial charge on any atom is 0.310 e. The van der Waals surface area contributed by atoms with Crippen LogP contribution < -0.4 is 0 Å². The van der Waals surface area contributed by atoms with Gasteiger partial charge in [-0.25, -0.2) is 0 Å². The molecule has 3 rings (SSSR count). The van der Waals surface area contributed by atoms with Crippen LogP contribution >= 0.6 is 0 Å². The van der Waals surface area contributed by atoms with E-state index in [2.05, 4.69) is 37.2 Å². The number of hydrogen-bond donors (Lipinski definition) is 0. The first kappa shape index (κ1) is 18.4. The van der Waals surface area contributed by atoms with Crippen LogP contribution in [0.4, 0.5) is 0 Å². The molecule has 0 saturated heterocycles. The fourth-order valence-electron chi connectivity index (χ4n) is 3.34. The largest absolute Gasteiger partial charge is 0.461 e. The molecule has 1 aliphatic carbocycles. The summed E-state index contributed by atoms with van der Waals surface area (Å²) in [6.45, 7) is 0.331. The molecule has 26 heavy (non-hydrogen) atoms. The highest BCUT2D eigenvalue weighted by molar-refractivity contribution is 5.73. The minimum atomic E-state index is -0.188. The summed E-state index contributed by atoms with van der Waals surface area (Å²) in [5.41, 5.74) is 4.69. The third kappa shape index (κ3) is 5.06. The minimum Gasteiger partial charge on any atom is -0.461 e. The number of nitrogens with zero attached hydrogens (tertiary/aromatic N) is 1. The second-order valence-electron chi connectivity index (χ2n) is 7.14. The van der Waals surface area contributed by atoms with Crippen molar-refractivity contribution in [3.05, 3.63) is 77.4 Å². The van der Waals surface area contributed by atoms with Crippen molar-refractivity contribution in [2.24, 2.45) is 0 Å². The number of hydrogen-bond acceptors (Lipinski definition) is 3. The smallest absolute Gasteiger partial charge is 0.310 e. The Morgan fingerprint density at radius 1 is 1.04 bits per heavy atom. The summed E-state index contributed by atoms with van der Waals surface area (Å²) in [5.74, 6) is -0.188. The average molecular weight is 349 g/mol. The molecule has 0 heterocycles. The fourth-order valence-corrected chi connectivity index (χ4v) is 3.34. The van der Waals surface area contributed by atoms with Gasteiger partial charge in [-0.3, -0.25) is 4.79 Å². The molecule has 1 aliphatic rings. The SMILES string of the molecule is CN(C)C1CC=C(c2ccc(CC(=O)OCc3ccccc3)cc2)CC1. The fraction of sp³-hybridized carbons (Fsp3) is 0.348. The van der Waals surface area contributed by atoms with Crippen molar-refractivity contribution in [3.8, 4) is 0 Å². The van der Waals surface area contributed by atoms with Gasteiger partial charge in [-0.05, 0) is 55.6 Å². The molecule has 0 radical (unpaired) electrons. The van der Waals surface area contributed by atoms with Gasteiger partial charge in [0.25, 0.3) is 0 Å². The van der Waals surface area contributed by atoms with E-state index in [1.54, 1.807) is 0 Å². The molecule has 0 amide bonds. The first-order chi connectivity index (χ1) is 12.6. The molecule has 0 N–H and O–H groups in total. The number of ether oxygens (including phenoxy) is 1. The van der Waals surface area contributed by atoms with E-state index in [-0.39, 0.29) is 5.97 Å². The lowest BCUT2D eigenvalue weighted by atomic mass is 9.90. The van der Waals surface area contributed by atoms with Crippen molar-refractivity contribution in [3.63, 3.8) is 0 Å². The molecule has 0 saturated carbocycles. The summed E-state index contributed by atoms with van der Waals surface area (Å²) >= 11 is 0. The maximum atomic E-state index is 12.0. The van der Waals surface area contributed by atoms with Gasteiger partial charge in [-0.2, -0.15) is 0 Å². The van der Waals surface area contributed by atoms with Crippen molar-refractivity contribution < 1.29 is 9.53 Å². The van der Waals surface area contributed by atoms with Crippen LogP contribution in [0.1, 0.15) is 36.0 Å². The van der Waals surface area contributed by atoms with E-state index in [0.717, 1.165) is 24.0 Å². The lowest BCUT2D eigenvalue weighted by Crippen LogP contribution is -2.28. The molecular weight excluding hydrogens is 322 g/mol. The van der Waals surface area contributed by atoms with Gasteiger partial charge in [0.05, 0.1) is 6.42 Å². The molecule has 2 aromatic rings. The Hall–Kier alpha value is -2.39. The average Bonchev–Trinajstić information content (AvgIpc) is 2.68. The number of benzene rings is 2. The van der Waals surface area contributed by atoms with Crippen molar-refractivity contribution in [1.82, 2.24) is 4.90 Å². The van der Waals surface area contributed by atoms with E-state index < -0.39 is 0 Å². The van der Waals surface area contributed by atoms with Gasteiger partial charge < -0.3 is 9.64 Å². The van der Waals surface area contributed by atoms with E-state index in [9.17, 15) is 4.79 Å². The third-order valence-corrected chi connectivity index (χ3v) is 5.03. The van der Waals surface area contributed by atoms with E-state index in [4.69, 9.17) is 4.74 Å². The molecular formula is C23H27NO2. The number of carbonyl (C=O) groups excluding carboxylic acids is 1. The van der Waals surface area contributed by atoms with Crippen LogP contribution in [0.2, 0.25) is 0 Å². The summed E-state index contributed by atoms with van der Waals surface area (Å²) in [5, 5.41) is 0. The van der Waals surface area contributed by atoms with Gasteiger partial charge in [0.1, 0.15) is 6.61 Å². The lowest BCUT2D eigenvalue weighted by molar-refractivity contribution is -0.144. The number of esters is 1. The third-order valence-electron chi connectivity index (χ3n) is 5.03. The second-order valence-corrected chi connectivity index (χ2v) is 7.14. The highest BCUT2D eigenvalue weighted by Crippen LogP contribution is 2.28. The zero-order valence-electron chi connectivity index (χ0n) is 15.7. The second kappa shape index (κ2) is 8.81. The Balaban J connectivity index is 1.52. The van der Waals surface area contributed by atoms with Gasteiger partial charge in [-0.15, -0.1) is 0 Å². The molecule has 0 bridgehead atoms. The number of allylic oxidation sites excluding steroid dienone is 1. The van der Waals surface area contributed by atoms with Gasteiger partial charge >= 0.3 is 5.97 Å². The summed E-state index contributed by atoms with van der Waals surface area (Å²) in [4.78, 5) is 14.3. The molecule has 136 valence electrons. The summed E-state index contributed by atoms with van der Waals surface area (Å²) in [6.07, 6.45) is 6.09.